The molecule has 0 aromatic rings. The summed E-state index contributed by atoms with van der Waals surface area (Å²) in [6.07, 6.45) is 5.19. The first-order valence-corrected chi connectivity index (χ1v) is 7.12. The SMILES string of the molecule is CC1CCC2C(C2(C)C)C2(O)C(C)CCC12. The van der Waals surface area contributed by atoms with Gasteiger partial charge in [-0.05, 0) is 54.3 Å². The molecule has 16 heavy (non-hydrogen) atoms. The molecule has 0 bridgehead atoms. The number of rotatable bonds is 0. The highest BCUT2D eigenvalue weighted by atomic mass is 16.3. The normalized spacial score (nSPS) is 58.7. The van der Waals surface area contributed by atoms with E-state index in [0.717, 1.165) is 11.8 Å². The van der Waals surface area contributed by atoms with Crippen molar-refractivity contribution in [3.8, 4) is 0 Å². The molecule has 0 heterocycles. The van der Waals surface area contributed by atoms with Gasteiger partial charge in [0.15, 0.2) is 0 Å². The van der Waals surface area contributed by atoms with Crippen LogP contribution in [0.3, 0.4) is 0 Å². The van der Waals surface area contributed by atoms with E-state index in [2.05, 4.69) is 27.7 Å². The van der Waals surface area contributed by atoms with Crippen LogP contribution in [0.1, 0.15) is 53.4 Å². The Kier molecular flexibility index (Phi) is 2.11. The minimum atomic E-state index is -0.329. The molecule has 1 nitrogen and oxygen atoms in total. The van der Waals surface area contributed by atoms with Gasteiger partial charge in [-0.3, -0.25) is 0 Å². The van der Waals surface area contributed by atoms with Gasteiger partial charge in [0.25, 0.3) is 0 Å². The summed E-state index contributed by atoms with van der Waals surface area (Å²) in [5.74, 6) is 3.23. The maximum atomic E-state index is 11.3. The van der Waals surface area contributed by atoms with Crippen LogP contribution < -0.4 is 0 Å². The van der Waals surface area contributed by atoms with Gasteiger partial charge in [0, 0.05) is 0 Å². The summed E-state index contributed by atoms with van der Waals surface area (Å²) in [7, 11) is 0. The minimum Gasteiger partial charge on any atom is -0.389 e. The average molecular weight is 222 g/mol. The van der Waals surface area contributed by atoms with Crippen LogP contribution in [-0.2, 0) is 0 Å². The predicted molar refractivity (Wildman–Crippen MR) is 66.0 cm³/mol. The molecule has 6 unspecified atom stereocenters. The van der Waals surface area contributed by atoms with Crippen LogP contribution >= 0.6 is 0 Å². The summed E-state index contributed by atoms with van der Waals surface area (Å²) >= 11 is 0. The zero-order valence-electron chi connectivity index (χ0n) is 11.2. The van der Waals surface area contributed by atoms with E-state index in [1.54, 1.807) is 0 Å². The van der Waals surface area contributed by atoms with Gasteiger partial charge >= 0.3 is 0 Å². The molecule has 3 rings (SSSR count). The first kappa shape index (κ1) is 11.1. The first-order chi connectivity index (χ1) is 7.40. The molecule has 1 heteroatoms. The maximum absolute atomic E-state index is 11.3. The van der Waals surface area contributed by atoms with Crippen molar-refractivity contribution in [3.63, 3.8) is 0 Å². The third-order valence-corrected chi connectivity index (χ3v) is 6.46. The molecule has 3 saturated carbocycles. The molecular formula is C15H26O. The Bertz CT molecular complexity index is 309. The van der Waals surface area contributed by atoms with Crippen LogP contribution in [0.5, 0.6) is 0 Å². The van der Waals surface area contributed by atoms with E-state index in [-0.39, 0.29) is 5.60 Å². The molecule has 0 aromatic heterocycles. The van der Waals surface area contributed by atoms with Gasteiger partial charge in [-0.1, -0.05) is 34.1 Å². The van der Waals surface area contributed by atoms with Crippen molar-refractivity contribution >= 4 is 0 Å². The Morgan fingerprint density at radius 2 is 1.56 bits per heavy atom. The van der Waals surface area contributed by atoms with Crippen molar-refractivity contribution in [2.75, 3.05) is 0 Å². The molecule has 6 atom stereocenters. The number of hydrogen-bond acceptors (Lipinski definition) is 1. The highest BCUT2D eigenvalue weighted by Crippen LogP contribution is 2.72. The lowest BCUT2D eigenvalue weighted by Crippen LogP contribution is -2.44. The van der Waals surface area contributed by atoms with E-state index in [9.17, 15) is 5.11 Å². The predicted octanol–water partition coefficient (Wildman–Crippen LogP) is 3.47. The Labute approximate surface area is 99.6 Å². The number of fused-ring (bicyclic) bond motifs is 3. The molecule has 0 amide bonds. The molecule has 3 fully saturated rings. The second-order valence-electron chi connectivity index (χ2n) is 7.43. The molecule has 0 radical (unpaired) electrons. The van der Waals surface area contributed by atoms with Gasteiger partial charge in [-0.25, -0.2) is 0 Å². The Balaban J connectivity index is 2.00. The molecule has 92 valence electrons. The van der Waals surface area contributed by atoms with Crippen LogP contribution in [0.25, 0.3) is 0 Å². The van der Waals surface area contributed by atoms with E-state index in [4.69, 9.17) is 0 Å². The van der Waals surface area contributed by atoms with Crippen LogP contribution in [0, 0.1) is 35.0 Å². The van der Waals surface area contributed by atoms with Crippen molar-refractivity contribution in [3.05, 3.63) is 0 Å². The number of hydrogen-bond donors (Lipinski definition) is 1. The van der Waals surface area contributed by atoms with E-state index in [0.29, 0.717) is 23.2 Å². The lowest BCUT2D eigenvalue weighted by molar-refractivity contribution is -0.0738. The quantitative estimate of drug-likeness (QED) is 0.665. The summed E-state index contributed by atoms with van der Waals surface area (Å²) in [5.41, 5.74) is 0.0792. The summed E-state index contributed by atoms with van der Waals surface area (Å²) in [4.78, 5) is 0. The van der Waals surface area contributed by atoms with Gasteiger partial charge in [0.05, 0.1) is 5.60 Å². The third-order valence-electron chi connectivity index (χ3n) is 6.46. The van der Waals surface area contributed by atoms with Crippen molar-refractivity contribution in [2.24, 2.45) is 35.0 Å². The van der Waals surface area contributed by atoms with Crippen molar-refractivity contribution in [2.45, 2.75) is 59.0 Å². The fraction of sp³-hybridized carbons (Fsp3) is 1.00. The maximum Gasteiger partial charge on any atom is 0.0739 e. The molecule has 3 aliphatic rings. The van der Waals surface area contributed by atoms with Gasteiger partial charge < -0.3 is 5.11 Å². The second kappa shape index (κ2) is 3.04. The molecule has 3 aliphatic carbocycles. The van der Waals surface area contributed by atoms with E-state index in [1.165, 1.54) is 25.7 Å². The largest absolute Gasteiger partial charge is 0.389 e. The van der Waals surface area contributed by atoms with Crippen molar-refractivity contribution in [1.82, 2.24) is 0 Å². The third kappa shape index (κ3) is 1.11. The average Bonchev–Trinajstić information content (AvgIpc) is 2.67. The monoisotopic (exact) mass is 222 g/mol. The fourth-order valence-corrected chi connectivity index (χ4v) is 5.38. The first-order valence-electron chi connectivity index (χ1n) is 7.12. The van der Waals surface area contributed by atoms with Gasteiger partial charge in [-0.15, -0.1) is 0 Å². The van der Waals surface area contributed by atoms with Crippen molar-refractivity contribution < 1.29 is 5.11 Å². The van der Waals surface area contributed by atoms with Gasteiger partial charge in [0.1, 0.15) is 0 Å². The Morgan fingerprint density at radius 1 is 0.938 bits per heavy atom. The summed E-state index contributed by atoms with van der Waals surface area (Å²) in [5, 5.41) is 11.3. The van der Waals surface area contributed by atoms with Crippen molar-refractivity contribution in [1.29, 1.82) is 0 Å². The fourth-order valence-electron chi connectivity index (χ4n) is 5.38. The standard InChI is InChI=1S/C15H26O/c1-9-5-7-12-13(14(12,3)4)15(16)10(2)6-8-11(9)15/h9-13,16H,5-8H2,1-4H3. The molecular weight excluding hydrogens is 196 g/mol. The van der Waals surface area contributed by atoms with Gasteiger partial charge in [-0.2, -0.15) is 0 Å². The Morgan fingerprint density at radius 3 is 2.25 bits per heavy atom. The highest BCUT2D eigenvalue weighted by Gasteiger charge is 2.71. The van der Waals surface area contributed by atoms with E-state index >= 15 is 0 Å². The van der Waals surface area contributed by atoms with Gasteiger partial charge in [0.2, 0.25) is 0 Å². The summed E-state index contributed by atoms with van der Waals surface area (Å²) in [6.45, 7) is 9.39. The van der Waals surface area contributed by atoms with Crippen LogP contribution in [0.15, 0.2) is 0 Å². The highest BCUT2D eigenvalue weighted by molar-refractivity contribution is 5.20. The summed E-state index contributed by atoms with van der Waals surface area (Å²) < 4.78 is 0. The lowest BCUT2D eigenvalue weighted by Gasteiger charge is -2.38. The van der Waals surface area contributed by atoms with E-state index < -0.39 is 0 Å². The lowest BCUT2D eigenvalue weighted by atomic mass is 9.73. The Hall–Kier alpha value is -0.0400. The van der Waals surface area contributed by atoms with Crippen LogP contribution in [0.4, 0.5) is 0 Å². The van der Waals surface area contributed by atoms with E-state index in [1.807, 2.05) is 0 Å². The summed E-state index contributed by atoms with van der Waals surface area (Å²) in [6, 6.07) is 0. The minimum absolute atomic E-state index is 0.329. The molecule has 0 aromatic carbocycles. The molecule has 0 spiro atoms. The molecule has 1 N–H and O–H groups in total. The molecule has 0 aliphatic heterocycles. The van der Waals surface area contributed by atoms with Crippen LogP contribution in [-0.4, -0.2) is 10.7 Å². The second-order valence-corrected chi connectivity index (χ2v) is 7.43. The van der Waals surface area contributed by atoms with Crippen LogP contribution in [0.2, 0.25) is 0 Å². The molecule has 0 saturated heterocycles. The topological polar surface area (TPSA) is 20.2 Å². The smallest absolute Gasteiger partial charge is 0.0739 e. The number of aliphatic hydroxyl groups is 1. The zero-order valence-corrected chi connectivity index (χ0v) is 11.2. The zero-order chi connectivity index (χ0) is 11.7.